The summed E-state index contributed by atoms with van der Waals surface area (Å²) in [7, 11) is 1.94. The van der Waals surface area contributed by atoms with Crippen LogP contribution in [0.5, 0.6) is 0 Å². The number of nitrogens with zero attached hydrogens (tertiary/aromatic N) is 4. The molecule has 0 aliphatic rings. The molecule has 0 aliphatic heterocycles. The van der Waals surface area contributed by atoms with E-state index in [0.717, 1.165) is 35.3 Å². The van der Waals surface area contributed by atoms with Gasteiger partial charge in [-0.05, 0) is 12.5 Å². The van der Waals surface area contributed by atoms with Gasteiger partial charge in [-0.3, -0.25) is 9.78 Å². The summed E-state index contributed by atoms with van der Waals surface area (Å²) in [5.41, 5.74) is 1.93. The molecule has 5 nitrogen and oxygen atoms in total. The molecule has 0 unspecified atom stereocenters. The number of H-pyrrole nitrogens is 1. The molecule has 0 radical (unpaired) electrons. The van der Waals surface area contributed by atoms with Crippen molar-refractivity contribution in [2.45, 2.75) is 19.8 Å². The van der Waals surface area contributed by atoms with Gasteiger partial charge in [0.05, 0.1) is 5.52 Å². The van der Waals surface area contributed by atoms with E-state index in [1.807, 2.05) is 36.0 Å². The first kappa shape index (κ1) is 11.0. The SMILES string of the molecule is CCCc1nc(-c2nn(C)c3ccccc23)n[nH]1. The van der Waals surface area contributed by atoms with E-state index >= 15 is 0 Å². The number of aromatic nitrogens is 5. The van der Waals surface area contributed by atoms with Crippen molar-refractivity contribution in [1.29, 1.82) is 0 Å². The second-order valence-corrected chi connectivity index (χ2v) is 4.35. The van der Waals surface area contributed by atoms with Crippen LogP contribution in [0.2, 0.25) is 0 Å². The molecule has 0 saturated carbocycles. The number of hydrogen-bond acceptors (Lipinski definition) is 3. The van der Waals surface area contributed by atoms with Crippen molar-refractivity contribution in [3.8, 4) is 11.5 Å². The van der Waals surface area contributed by atoms with Crippen molar-refractivity contribution in [3.05, 3.63) is 30.1 Å². The van der Waals surface area contributed by atoms with Crippen molar-refractivity contribution < 1.29 is 0 Å². The first-order valence-electron chi connectivity index (χ1n) is 6.13. The summed E-state index contributed by atoms with van der Waals surface area (Å²) >= 11 is 0. The summed E-state index contributed by atoms with van der Waals surface area (Å²) in [6, 6.07) is 8.11. The number of rotatable bonds is 3. The summed E-state index contributed by atoms with van der Waals surface area (Å²) in [5.74, 6) is 1.59. The van der Waals surface area contributed by atoms with Gasteiger partial charge in [0, 0.05) is 18.9 Å². The maximum absolute atomic E-state index is 4.51. The third-order valence-electron chi connectivity index (χ3n) is 2.99. The van der Waals surface area contributed by atoms with Crippen LogP contribution < -0.4 is 0 Å². The van der Waals surface area contributed by atoms with E-state index < -0.39 is 0 Å². The maximum atomic E-state index is 4.51. The van der Waals surface area contributed by atoms with Gasteiger partial charge in [0.25, 0.3) is 0 Å². The Morgan fingerprint density at radius 3 is 2.94 bits per heavy atom. The second-order valence-electron chi connectivity index (χ2n) is 4.35. The third kappa shape index (κ3) is 1.68. The topological polar surface area (TPSA) is 59.4 Å². The van der Waals surface area contributed by atoms with Gasteiger partial charge in [-0.25, -0.2) is 4.98 Å². The predicted molar refractivity (Wildman–Crippen MR) is 70.1 cm³/mol. The van der Waals surface area contributed by atoms with E-state index in [-0.39, 0.29) is 0 Å². The molecule has 0 aliphatic carbocycles. The van der Waals surface area contributed by atoms with Crippen LogP contribution in [0.4, 0.5) is 0 Å². The summed E-state index contributed by atoms with van der Waals surface area (Å²) in [6.45, 7) is 2.12. The normalized spacial score (nSPS) is 11.2. The number of aromatic amines is 1. The Balaban J connectivity index is 2.13. The molecule has 0 saturated heterocycles. The van der Waals surface area contributed by atoms with Gasteiger partial charge in [-0.1, -0.05) is 25.1 Å². The van der Waals surface area contributed by atoms with E-state index in [1.165, 1.54) is 0 Å². The number of benzene rings is 1. The fraction of sp³-hybridized carbons (Fsp3) is 0.308. The van der Waals surface area contributed by atoms with Gasteiger partial charge in [0.1, 0.15) is 11.5 Å². The molecule has 5 heteroatoms. The van der Waals surface area contributed by atoms with Gasteiger partial charge in [-0.2, -0.15) is 10.2 Å². The van der Waals surface area contributed by atoms with Gasteiger partial charge in [-0.15, -0.1) is 0 Å². The quantitative estimate of drug-likeness (QED) is 0.765. The molecule has 0 fully saturated rings. The maximum Gasteiger partial charge on any atom is 0.202 e. The number of hydrogen-bond donors (Lipinski definition) is 1. The highest BCUT2D eigenvalue weighted by Crippen LogP contribution is 2.24. The van der Waals surface area contributed by atoms with Crippen LogP contribution in [0.25, 0.3) is 22.4 Å². The lowest BCUT2D eigenvalue weighted by Gasteiger charge is -1.90. The second kappa shape index (κ2) is 4.25. The van der Waals surface area contributed by atoms with Crippen molar-refractivity contribution in [3.63, 3.8) is 0 Å². The van der Waals surface area contributed by atoms with E-state index in [4.69, 9.17) is 0 Å². The van der Waals surface area contributed by atoms with Crippen LogP contribution >= 0.6 is 0 Å². The van der Waals surface area contributed by atoms with E-state index in [0.29, 0.717) is 5.82 Å². The number of para-hydroxylation sites is 1. The lowest BCUT2D eigenvalue weighted by molar-refractivity contribution is 0.798. The lowest BCUT2D eigenvalue weighted by Crippen LogP contribution is -1.90. The van der Waals surface area contributed by atoms with Crippen LogP contribution in [0.3, 0.4) is 0 Å². The Morgan fingerprint density at radius 2 is 2.11 bits per heavy atom. The van der Waals surface area contributed by atoms with Gasteiger partial charge >= 0.3 is 0 Å². The first-order chi connectivity index (χ1) is 8.79. The highest BCUT2D eigenvalue weighted by atomic mass is 15.3. The first-order valence-corrected chi connectivity index (χ1v) is 6.13. The van der Waals surface area contributed by atoms with Crippen LogP contribution in [0, 0.1) is 0 Å². The highest BCUT2D eigenvalue weighted by Gasteiger charge is 2.14. The molecule has 0 spiro atoms. The van der Waals surface area contributed by atoms with Crippen molar-refractivity contribution in [2.75, 3.05) is 0 Å². The molecule has 92 valence electrons. The highest BCUT2D eigenvalue weighted by molar-refractivity contribution is 5.91. The minimum Gasteiger partial charge on any atom is -0.267 e. The number of nitrogens with one attached hydrogen (secondary N) is 1. The van der Waals surface area contributed by atoms with Gasteiger partial charge in [0.15, 0.2) is 0 Å². The van der Waals surface area contributed by atoms with Crippen LogP contribution in [0.1, 0.15) is 19.2 Å². The molecule has 0 amide bonds. The predicted octanol–water partition coefficient (Wildman–Crippen LogP) is 2.31. The number of aryl methyl sites for hydroxylation is 2. The molecule has 1 N–H and O–H groups in total. The zero-order valence-electron chi connectivity index (χ0n) is 10.5. The van der Waals surface area contributed by atoms with Crippen LogP contribution in [-0.4, -0.2) is 25.0 Å². The Bertz CT molecular complexity index is 680. The van der Waals surface area contributed by atoms with Crippen molar-refractivity contribution >= 4 is 10.9 Å². The average molecular weight is 241 g/mol. The van der Waals surface area contributed by atoms with E-state index in [2.05, 4.69) is 27.2 Å². The van der Waals surface area contributed by atoms with Crippen molar-refractivity contribution in [1.82, 2.24) is 25.0 Å². The standard InChI is InChI=1S/C13H15N5/c1-3-6-11-14-13(16-15-11)12-9-7-4-5-8-10(9)18(2)17-12/h4-5,7-8H,3,6H2,1-2H3,(H,14,15,16). The van der Waals surface area contributed by atoms with Crippen LogP contribution in [-0.2, 0) is 13.5 Å². The van der Waals surface area contributed by atoms with Crippen molar-refractivity contribution in [2.24, 2.45) is 7.05 Å². The average Bonchev–Trinajstić information content (AvgIpc) is 2.96. The molecule has 18 heavy (non-hydrogen) atoms. The molecule has 0 bridgehead atoms. The summed E-state index contributed by atoms with van der Waals surface area (Å²) < 4.78 is 1.86. The largest absolute Gasteiger partial charge is 0.267 e. The number of fused-ring (bicyclic) bond motifs is 1. The van der Waals surface area contributed by atoms with Crippen LogP contribution in [0.15, 0.2) is 24.3 Å². The minimum atomic E-state index is 0.676. The fourth-order valence-corrected chi connectivity index (χ4v) is 2.13. The summed E-state index contributed by atoms with van der Waals surface area (Å²) in [4.78, 5) is 4.49. The van der Waals surface area contributed by atoms with E-state index in [1.54, 1.807) is 0 Å². The fourth-order valence-electron chi connectivity index (χ4n) is 2.13. The Kier molecular flexibility index (Phi) is 2.59. The Labute approximate surface area is 105 Å². The molecule has 1 aromatic carbocycles. The van der Waals surface area contributed by atoms with Gasteiger partial charge < -0.3 is 0 Å². The Hall–Kier alpha value is -2.17. The molecular weight excluding hydrogens is 226 g/mol. The molecule has 3 aromatic rings. The molecule has 3 rings (SSSR count). The molecule has 2 aromatic heterocycles. The molecule has 2 heterocycles. The van der Waals surface area contributed by atoms with Gasteiger partial charge in [0.2, 0.25) is 5.82 Å². The minimum absolute atomic E-state index is 0.676. The Morgan fingerprint density at radius 1 is 1.28 bits per heavy atom. The summed E-state index contributed by atoms with van der Waals surface area (Å²) in [5, 5.41) is 12.8. The zero-order valence-corrected chi connectivity index (χ0v) is 10.5. The molecular formula is C13H15N5. The lowest BCUT2D eigenvalue weighted by atomic mass is 10.2. The monoisotopic (exact) mass is 241 g/mol. The smallest absolute Gasteiger partial charge is 0.202 e. The summed E-state index contributed by atoms with van der Waals surface area (Å²) in [6.07, 6.45) is 1.97. The van der Waals surface area contributed by atoms with E-state index in [9.17, 15) is 0 Å². The molecule has 0 atom stereocenters. The zero-order chi connectivity index (χ0) is 12.5. The third-order valence-corrected chi connectivity index (χ3v) is 2.99.